The fourth-order valence-electron chi connectivity index (χ4n) is 1.61. The minimum absolute atomic E-state index is 0.0161. The van der Waals surface area contributed by atoms with Crippen molar-refractivity contribution in [2.75, 3.05) is 5.32 Å². The van der Waals surface area contributed by atoms with Crippen LogP contribution in [0.25, 0.3) is 0 Å². The zero-order valence-corrected chi connectivity index (χ0v) is 12.1. The van der Waals surface area contributed by atoms with Crippen LogP contribution in [0.5, 0.6) is 0 Å². The molecule has 1 N–H and O–H groups in total. The molecule has 19 heavy (non-hydrogen) atoms. The van der Waals surface area contributed by atoms with Crippen molar-refractivity contribution in [2.45, 2.75) is 13.8 Å². The summed E-state index contributed by atoms with van der Waals surface area (Å²) in [5.41, 5.74) is 1.39. The summed E-state index contributed by atoms with van der Waals surface area (Å²) in [6.07, 6.45) is 1.59. The third-order valence-electron chi connectivity index (χ3n) is 2.72. The maximum absolute atomic E-state index is 13.8. The van der Waals surface area contributed by atoms with Gasteiger partial charge in [-0.05, 0) is 53.0 Å². The Balaban J connectivity index is 2.26. The number of aromatic nitrogens is 1. The van der Waals surface area contributed by atoms with Gasteiger partial charge in [0.1, 0.15) is 11.6 Å². The van der Waals surface area contributed by atoms with Crippen LogP contribution >= 0.6 is 15.9 Å². The molecule has 0 fully saturated rings. The van der Waals surface area contributed by atoms with Crippen molar-refractivity contribution in [1.82, 2.24) is 4.98 Å². The summed E-state index contributed by atoms with van der Waals surface area (Å²) in [4.78, 5) is 16.0. The topological polar surface area (TPSA) is 42.0 Å². The van der Waals surface area contributed by atoms with E-state index in [9.17, 15) is 9.18 Å². The van der Waals surface area contributed by atoms with Crippen molar-refractivity contribution in [1.29, 1.82) is 0 Å². The van der Waals surface area contributed by atoms with E-state index in [2.05, 4.69) is 26.2 Å². The number of rotatable bonds is 2. The summed E-state index contributed by atoms with van der Waals surface area (Å²) >= 11 is 3.33. The molecule has 2 rings (SSSR count). The molecule has 0 spiro atoms. The molecule has 1 aromatic carbocycles. The van der Waals surface area contributed by atoms with Gasteiger partial charge in [-0.1, -0.05) is 12.1 Å². The van der Waals surface area contributed by atoms with Crippen LogP contribution in [-0.4, -0.2) is 10.9 Å². The average molecular weight is 323 g/mol. The molecule has 0 atom stereocenters. The zero-order valence-electron chi connectivity index (χ0n) is 10.5. The van der Waals surface area contributed by atoms with Gasteiger partial charge in [-0.3, -0.25) is 4.79 Å². The number of nitrogens with one attached hydrogen (secondary N) is 1. The van der Waals surface area contributed by atoms with Crippen LogP contribution in [-0.2, 0) is 0 Å². The Morgan fingerprint density at radius 2 is 2.05 bits per heavy atom. The maximum Gasteiger partial charge on any atom is 0.259 e. The van der Waals surface area contributed by atoms with Crippen molar-refractivity contribution in [3.8, 4) is 0 Å². The lowest BCUT2D eigenvalue weighted by molar-refractivity contribution is 0.102. The van der Waals surface area contributed by atoms with Gasteiger partial charge in [0.15, 0.2) is 0 Å². The number of carbonyl (C=O) groups excluding carboxylic acids is 1. The van der Waals surface area contributed by atoms with Crippen molar-refractivity contribution in [3.63, 3.8) is 0 Å². The molecule has 1 aromatic heterocycles. The Kier molecular flexibility index (Phi) is 3.95. The summed E-state index contributed by atoms with van der Waals surface area (Å²) in [7, 11) is 0. The average Bonchev–Trinajstić information content (AvgIpc) is 2.37. The Labute approximate surface area is 119 Å². The highest BCUT2D eigenvalue weighted by atomic mass is 79.9. The quantitative estimate of drug-likeness (QED) is 0.912. The molecule has 0 aliphatic carbocycles. The molecule has 2 aromatic rings. The summed E-state index contributed by atoms with van der Waals surface area (Å²) < 4.78 is 14.7. The van der Waals surface area contributed by atoms with E-state index >= 15 is 0 Å². The first-order chi connectivity index (χ1) is 8.99. The number of benzene rings is 1. The summed E-state index contributed by atoms with van der Waals surface area (Å²) in [5.74, 6) is -0.615. The zero-order chi connectivity index (χ0) is 14.0. The van der Waals surface area contributed by atoms with Gasteiger partial charge >= 0.3 is 0 Å². The van der Waals surface area contributed by atoms with Crippen molar-refractivity contribution in [3.05, 3.63) is 57.4 Å². The number of aryl methyl sites for hydroxylation is 2. The van der Waals surface area contributed by atoms with Crippen LogP contribution in [0.2, 0.25) is 0 Å². The smallest absolute Gasteiger partial charge is 0.259 e. The fourth-order valence-corrected chi connectivity index (χ4v) is 1.83. The second kappa shape index (κ2) is 5.48. The molecule has 1 amide bonds. The lowest BCUT2D eigenvalue weighted by Gasteiger charge is -2.08. The van der Waals surface area contributed by atoms with Crippen LogP contribution in [0.3, 0.4) is 0 Å². The molecule has 0 aliphatic rings. The number of hydrogen-bond donors (Lipinski definition) is 1. The molecule has 1 heterocycles. The third-order valence-corrected chi connectivity index (χ3v) is 3.56. The molecule has 3 nitrogen and oxygen atoms in total. The molecule has 5 heteroatoms. The summed E-state index contributed by atoms with van der Waals surface area (Å²) in [5, 5.41) is 2.58. The molecule has 0 radical (unpaired) electrons. The van der Waals surface area contributed by atoms with Crippen LogP contribution in [0, 0.1) is 19.7 Å². The van der Waals surface area contributed by atoms with Crippen molar-refractivity contribution in [2.24, 2.45) is 0 Å². The Hall–Kier alpha value is -1.75. The second-order valence-electron chi connectivity index (χ2n) is 4.21. The predicted octanol–water partition coefficient (Wildman–Crippen LogP) is 3.85. The lowest BCUT2D eigenvalue weighted by Crippen LogP contribution is -2.15. The maximum atomic E-state index is 13.8. The molecule has 0 saturated carbocycles. The van der Waals surface area contributed by atoms with E-state index in [1.165, 1.54) is 6.07 Å². The van der Waals surface area contributed by atoms with Gasteiger partial charge in [0.05, 0.1) is 5.56 Å². The standard InChI is InChI=1S/C14H12BrFN2O/c1-8-4-3-5-10(13(8)16)14(19)18-12-6-9(2)11(15)7-17-12/h3-7H,1-2H3,(H,17,18,19). The van der Waals surface area contributed by atoms with Gasteiger partial charge in [-0.2, -0.15) is 0 Å². The Morgan fingerprint density at radius 1 is 1.32 bits per heavy atom. The first-order valence-corrected chi connectivity index (χ1v) is 6.47. The molecule has 98 valence electrons. The van der Waals surface area contributed by atoms with Gasteiger partial charge in [-0.15, -0.1) is 0 Å². The molecule has 0 unspecified atom stereocenters. The SMILES string of the molecule is Cc1cc(NC(=O)c2cccc(C)c2F)ncc1Br. The lowest BCUT2D eigenvalue weighted by atomic mass is 10.1. The minimum Gasteiger partial charge on any atom is -0.306 e. The van der Waals surface area contributed by atoms with E-state index in [0.29, 0.717) is 11.4 Å². The van der Waals surface area contributed by atoms with Gasteiger partial charge in [0.25, 0.3) is 5.91 Å². The van der Waals surface area contributed by atoms with Gasteiger partial charge in [-0.25, -0.2) is 9.37 Å². The Bertz CT molecular complexity index is 643. The number of anilines is 1. The summed E-state index contributed by atoms with van der Waals surface area (Å²) in [6.45, 7) is 3.50. The minimum atomic E-state index is -0.506. The van der Waals surface area contributed by atoms with Gasteiger partial charge < -0.3 is 5.32 Å². The number of carbonyl (C=O) groups is 1. The number of halogens is 2. The number of pyridine rings is 1. The monoisotopic (exact) mass is 322 g/mol. The first kappa shape index (κ1) is 13.7. The Morgan fingerprint density at radius 3 is 2.74 bits per heavy atom. The first-order valence-electron chi connectivity index (χ1n) is 5.67. The van der Waals surface area contributed by atoms with E-state index in [-0.39, 0.29) is 5.56 Å². The number of hydrogen-bond acceptors (Lipinski definition) is 2. The van der Waals surface area contributed by atoms with E-state index in [4.69, 9.17) is 0 Å². The third kappa shape index (κ3) is 2.98. The summed E-state index contributed by atoms with van der Waals surface area (Å²) in [6, 6.07) is 6.43. The molecule has 0 saturated heterocycles. The van der Waals surface area contributed by atoms with Crippen LogP contribution in [0.15, 0.2) is 34.9 Å². The predicted molar refractivity (Wildman–Crippen MR) is 75.8 cm³/mol. The van der Waals surface area contributed by atoms with E-state index in [1.807, 2.05) is 6.92 Å². The number of amides is 1. The molecule has 0 aliphatic heterocycles. The highest BCUT2D eigenvalue weighted by molar-refractivity contribution is 9.10. The number of nitrogens with zero attached hydrogens (tertiary/aromatic N) is 1. The van der Waals surface area contributed by atoms with Crippen LogP contribution in [0.4, 0.5) is 10.2 Å². The van der Waals surface area contributed by atoms with Gasteiger partial charge in [0.2, 0.25) is 0 Å². The fraction of sp³-hybridized carbons (Fsp3) is 0.143. The highest BCUT2D eigenvalue weighted by Crippen LogP contribution is 2.18. The molecule has 0 bridgehead atoms. The van der Waals surface area contributed by atoms with Crippen LogP contribution < -0.4 is 5.32 Å². The van der Waals surface area contributed by atoms with E-state index < -0.39 is 11.7 Å². The van der Waals surface area contributed by atoms with E-state index in [0.717, 1.165) is 10.0 Å². The highest BCUT2D eigenvalue weighted by Gasteiger charge is 2.13. The van der Waals surface area contributed by atoms with Crippen molar-refractivity contribution >= 4 is 27.7 Å². The van der Waals surface area contributed by atoms with E-state index in [1.54, 1.807) is 31.3 Å². The van der Waals surface area contributed by atoms with Crippen LogP contribution in [0.1, 0.15) is 21.5 Å². The largest absolute Gasteiger partial charge is 0.306 e. The normalized spacial score (nSPS) is 10.3. The second-order valence-corrected chi connectivity index (χ2v) is 5.06. The molecular weight excluding hydrogens is 311 g/mol. The van der Waals surface area contributed by atoms with Crippen molar-refractivity contribution < 1.29 is 9.18 Å². The van der Waals surface area contributed by atoms with Gasteiger partial charge in [0, 0.05) is 10.7 Å². The molecular formula is C14H12BrFN2O.